The van der Waals surface area contributed by atoms with Crippen LogP contribution in [-0.2, 0) is 9.84 Å². The second-order valence-electron chi connectivity index (χ2n) is 3.91. The zero-order chi connectivity index (χ0) is 13.8. The van der Waals surface area contributed by atoms with Gasteiger partial charge in [0.1, 0.15) is 9.84 Å². The fourth-order valence-electron chi connectivity index (χ4n) is 1.40. The molecule has 0 unspecified atom stereocenters. The fraction of sp³-hybridized carbons (Fsp3) is 0.364. The van der Waals surface area contributed by atoms with Crippen LogP contribution in [0.5, 0.6) is 0 Å². The number of nitrogens with one attached hydrogen (secondary N) is 1. The lowest BCUT2D eigenvalue weighted by molar-refractivity contribution is 0.0698. The van der Waals surface area contributed by atoms with Crippen LogP contribution in [0, 0.1) is 0 Å². The molecule has 0 heterocycles. The Hall–Kier alpha value is -1.08. The van der Waals surface area contributed by atoms with Crippen LogP contribution in [0.1, 0.15) is 16.8 Å². The van der Waals surface area contributed by atoms with Crippen LogP contribution in [0.15, 0.2) is 22.7 Å². The zero-order valence-corrected chi connectivity index (χ0v) is 12.2. The van der Waals surface area contributed by atoms with Crippen molar-refractivity contribution in [2.45, 2.75) is 6.42 Å². The van der Waals surface area contributed by atoms with Crippen LogP contribution < -0.4 is 5.32 Å². The maximum absolute atomic E-state index is 11.0. The Balaban J connectivity index is 2.65. The SMILES string of the molecule is CS(=O)(=O)CCCNc1ccc(Br)cc1C(=O)O. The van der Waals surface area contributed by atoms with Gasteiger partial charge < -0.3 is 10.4 Å². The third-order valence-corrected chi connectivity index (χ3v) is 3.74. The van der Waals surface area contributed by atoms with Crippen molar-refractivity contribution in [3.8, 4) is 0 Å². The molecule has 0 atom stereocenters. The highest BCUT2D eigenvalue weighted by molar-refractivity contribution is 9.10. The molecule has 18 heavy (non-hydrogen) atoms. The smallest absolute Gasteiger partial charge is 0.337 e. The van der Waals surface area contributed by atoms with Crippen LogP contribution in [-0.4, -0.2) is 38.0 Å². The van der Waals surface area contributed by atoms with Crippen LogP contribution in [0.3, 0.4) is 0 Å². The third-order valence-electron chi connectivity index (χ3n) is 2.22. The third kappa shape index (κ3) is 5.05. The molecule has 1 aromatic rings. The number of hydrogen-bond acceptors (Lipinski definition) is 4. The number of carbonyl (C=O) groups is 1. The first kappa shape index (κ1) is 15.0. The molecule has 0 saturated heterocycles. The van der Waals surface area contributed by atoms with Gasteiger partial charge in [-0.1, -0.05) is 15.9 Å². The summed E-state index contributed by atoms with van der Waals surface area (Å²) >= 11 is 3.20. The van der Waals surface area contributed by atoms with E-state index in [4.69, 9.17) is 5.11 Å². The maximum Gasteiger partial charge on any atom is 0.337 e. The Morgan fingerprint density at radius 2 is 2.11 bits per heavy atom. The summed E-state index contributed by atoms with van der Waals surface area (Å²) in [6.07, 6.45) is 1.61. The minimum absolute atomic E-state index is 0.0823. The minimum Gasteiger partial charge on any atom is -0.478 e. The predicted octanol–water partition coefficient (Wildman–Crippen LogP) is 1.99. The summed E-state index contributed by atoms with van der Waals surface area (Å²) in [6, 6.07) is 4.88. The normalized spacial score (nSPS) is 11.2. The average molecular weight is 336 g/mol. The van der Waals surface area contributed by atoms with Crippen molar-refractivity contribution in [3.05, 3.63) is 28.2 Å². The lowest BCUT2D eigenvalue weighted by atomic mass is 10.2. The number of hydrogen-bond donors (Lipinski definition) is 2. The average Bonchev–Trinajstić information content (AvgIpc) is 2.24. The zero-order valence-electron chi connectivity index (χ0n) is 9.81. The minimum atomic E-state index is -2.98. The molecular weight excluding hydrogens is 322 g/mol. The van der Waals surface area contributed by atoms with Gasteiger partial charge in [-0.25, -0.2) is 13.2 Å². The molecule has 0 aliphatic carbocycles. The molecule has 7 heteroatoms. The number of aromatic carboxylic acids is 1. The lowest BCUT2D eigenvalue weighted by Crippen LogP contribution is -2.12. The summed E-state index contributed by atoms with van der Waals surface area (Å²) in [4.78, 5) is 11.0. The van der Waals surface area contributed by atoms with Gasteiger partial charge in [0.25, 0.3) is 0 Å². The van der Waals surface area contributed by atoms with Crippen molar-refractivity contribution in [2.24, 2.45) is 0 Å². The number of rotatable bonds is 6. The van der Waals surface area contributed by atoms with Gasteiger partial charge >= 0.3 is 5.97 Å². The molecule has 0 radical (unpaired) electrons. The van der Waals surface area contributed by atoms with Crippen molar-refractivity contribution in [1.82, 2.24) is 0 Å². The summed E-state index contributed by atoms with van der Waals surface area (Å²) in [5, 5.41) is 11.9. The van der Waals surface area contributed by atoms with E-state index in [0.29, 0.717) is 23.1 Å². The summed E-state index contributed by atoms with van der Waals surface area (Å²) in [5.41, 5.74) is 0.642. The van der Waals surface area contributed by atoms with Crippen molar-refractivity contribution in [2.75, 3.05) is 23.9 Å². The quantitative estimate of drug-likeness (QED) is 0.777. The number of carboxylic acids is 1. The van der Waals surface area contributed by atoms with Gasteiger partial charge in [0, 0.05) is 23.0 Å². The Labute approximate surface area is 114 Å². The molecule has 0 spiro atoms. The first-order valence-corrected chi connectivity index (χ1v) is 8.09. The van der Waals surface area contributed by atoms with E-state index in [9.17, 15) is 13.2 Å². The topological polar surface area (TPSA) is 83.5 Å². The van der Waals surface area contributed by atoms with Gasteiger partial charge in [-0.15, -0.1) is 0 Å². The van der Waals surface area contributed by atoms with Gasteiger partial charge in [-0.3, -0.25) is 0 Å². The molecule has 5 nitrogen and oxygen atoms in total. The van der Waals surface area contributed by atoms with Crippen molar-refractivity contribution in [3.63, 3.8) is 0 Å². The van der Waals surface area contributed by atoms with E-state index in [1.807, 2.05) is 0 Å². The van der Waals surface area contributed by atoms with Crippen molar-refractivity contribution < 1.29 is 18.3 Å². The molecule has 0 aromatic heterocycles. The summed E-state index contributed by atoms with van der Waals surface area (Å²) in [6.45, 7) is 0.412. The van der Waals surface area contributed by atoms with Gasteiger partial charge in [-0.05, 0) is 24.6 Å². The molecule has 0 bridgehead atoms. The summed E-state index contributed by atoms with van der Waals surface area (Å²) in [7, 11) is -2.98. The number of halogens is 1. The molecule has 0 aliphatic rings. The number of anilines is 1. The molecule has 1 rings (SSSR count). The Bertz CT molecular complexity index is 542. The second kappa shape index (κ2) is 6.19. The molecule has 0 saturated carbocycles. The Kier molecular flexibility index (Phi) is 5.15. The standard InChI is InChI=1S/C11H14BrNO4S/c1-18(16,17)6-2-5-13-10-4-3-8(12)7-9(10)11(14)15/h3-4,7,13H,2,5-6H2,1H3,(H,14,15). The molecule has 0 aliphatic heterocycles. The van der Waals surface area contributed by atoms with Gasteiger partial charge in [0.2, 0.25) is 0 Å². The van der Waals surface area contributed by atoms with Crippen molar-refractivity contribution in [1.29, 1.82) is 0 Å². The van der Waals surface area contributed by atoms with Crippen LogP contribution in [0.4, 0.5) is 5.69 Å². The van der Waals surface area contributed by atoms with Crippen LogP contribution >= 0.6 is 15.9 Å². The van der Waals surface area contributed by atoms with E-state index in [1.165, 1.54) is 12.3 Å². The number of carboxylic acid groups (broad SMARTS) is 1. The largest absolute Gasteiger partial charge is 0.478 e. The van der Waals surface area contributed by atoms with E-state index in [2.05, 4.69) is 21.2 Å². The number of benzene rings is 1. The van der Waals surface area contributed by atoms with E-state index >= 15 is 0 Å². The van der Waals surface area contributed by atoms with Crippen molar-refractivity contribution >= 4 is 37.4 Å². The fourth-order valence-corrected chi connectivity index (χ4v) is 2.43. The van der Waals surface area contributed by atoms with Gasteiger partial charge in [0.05, 0.1) is 11.3 Å². The highest BCUT2D eigenvalue weighted by Crippen LogP contribution is 2.21. The molecular formula is C11H14BrNO4S. The first-order chi connectivity index (χ1) is 8.29. The van der Waals surface area contributed by atoms with E-state index in [1.54, 1.807) is 12.1 Å². The predicted molar refractivity (Wildman–Crippen MR) is 73.9 cm³/mol. The first-order valence-electron chi connectivity index (χ1n) is 5.24. The van der Waals surface area contributed by atoms with Gasteiger partial charge in [-0.2, -0.15) is 0 Å². The molecule has 0 amide bonds. The number of sulfone groups is 1. The maximum atomic E-state index is 11.0. The highest BCUT2D eigenvalue weighted by atomic mass is 79.9. The molecule has 1 aromatic carbocycles. The molecule has 0 fully saturated rings. The van der Waals surface area contributed by atoms with E-state index in [0.717, 1.165) is 0 Å². The van der Waals surface area contributed by atoms with E-state index < -0.39 is 15.8 Å². The van der Waals surface area contributed by atoms with Crippen LogP contribution in [0.25, 0.3) is 0 Å². The highest BCUT2D eigenvalue weighted by Gasteiger charge is 2.10. The Morgan fingerprint density at radius 3 is 2.67 bits per heavy atom. The lowest BCUT2D eigenvalue weighted by Gasteiger charge is -2.09. The van der Waals surface area contributed by atoms with Crippen LogP contribution in [0.2, 0.25) is 0 Å². The summed E-state index contributed by atoms with van der Waals surface area (Å²) < 4.78 is 22.6. The second-order valence-corrected chi connectivity index (χ2v) is 7.08. The molecule has 2 N–H and O–H groups in total. The summed E-state index contributed by atoms with van der Waals surface area (Å²) in [5.74, 6) is -0.944. The molecule has 100 valence electrons. The van der Waals surface area contributed by atoms with Gasteiger partial charge in [0.15, 0.2) is 0 Å². The monoisotopic (exact) mass is 335 g/mol. The van der Waals surface area contributed by atoms with E-state index in [-0.39, 0.29) is 11.3 Å². The Morgan fingerprint density at radius 1 is 1.44 bits per heavy atom.